The highest BCUT2D eigenvalue weighted by atomic mass is 35.5. The van der Waals surface area contributed by atoms with Crippen LogP contribution in [0.3, 0.4) is 0 Å². The first-order valence-electron chi connectivity index (χ1n) is 6.61. The number of hydrogen-bond donors (Lipinski definition) is 1. The quantitative estimate of drug-likeness (QED) is 0.914. The van der Waals surface area contributed by atoms with Crippen molar-refractivity contribution in [1.29, 1.82) is 0 Å². The molecule has 1 N–H and O–H groups in total. The number of aryl methyl sites for hydroxylation is 2. The second-order valence-corrected chi connectivity index (χ2v) is 5.55. The molecule has 1 aliphatic carbocycles. The van der Waals surface area contributed by atoms with Gasteiger partial charge in [0, 0.05) is 13.0 Å². The Labute approximate surface area is 117 Å². The lowest BCUT2D eigenvalue weighted by Gasteiger charge is -2.29. The Bertz CT molecular complexity index is 574. The van der Waals surface area contributed by atoms with E-state index in [4.69, 9.17) is 11.6 Å². The van der Waals surface area contributed by atoms with Gasteiger partial charge in [-0.05, 0) is 30.4 Å². The Balaban J connectivity index is 2.00. The van der Waals surface area contributed by atoms with Crippen molar-refractivity contribution < 1.29 is 5.11 Å². The van der Waals surface area contributed by atoms with Crippen LogP contribution in [0.5, 0.6) is 0 Å². The van der Waals surface area contributed by atoms with Gasteiger partial charge in [-0.2, -0.15) is 5.10 Å². The summed E-state index contributed by atoms with van der Waals surface area (Å²) in [5, 5.41) is 15.3. The van der Waals surface area contributed by atoms with Gasteiger partial charge < -0.3 is 5.11 Å². The van der Waals surface area contributed by atoms with Crippen LogP contribution in [0, 0.1) is 0 Å². The van der Waals surface area contributed by atoms with Crippen LogP contribution < -0.4 is 0 Å². The van der Waals surface area contributed by atoms with Crippen LogP contribution in [0.1, 0.15) is 41.7 Å². The van der Waals surface area contributed by atoms with Crippen molar-refractivity contribution in [2.75, 3.05) is 0 Å². The maximum Gasteiger partial charge on any atom is 0.104 e. The molecule has 0 saturated heterocycles. The first-order chi connectivity index (χ1) is 9.18. The van der Waals surface area contributed by atoms with Gasteiger partial charge >= 0.3 is 0 Å². The van der Waals surface area contributed by atoms with E-state index in [0.717, 1.165) is 19.3 Å². The van der Waals surface area contributed by atoms with Crippen molar-refractivity contribution in [3.05, 3.63) is 52.3 Å². The van der Waals surface area contributed by atoms with E-state index in [2.05, 4.69) is 23.3 Å². The summed E-state index contributed by atoms with van der Waals surface area (Å²) in [5.41, 5.74) is 3.30. The number of aromatic nitrogens is 2. The standard InChI is InChI=1S/C15H17ClN2O/c1-18-14(13(16)9-17-18)15(19)12-8-4-6-10-5-2-3-7-11(10)12/h2-3,5,7,9,12,15,19H,4,6,8H2,1H3. The number of fused-ring (bicyclic) bond motifs is 1. The lowest BCUT2D eigenvalue weighted by Crippen LogP contribution is -2.19. The molecule has 19 heavy (non-hydrogen) atoms. The van der Waals surface area contributed by atoms with Gasteiger partial charge in [-0.25, -0.2) is 0 Å². The summed E-state index contributed by atoms with van der Waals surface area (Å²) in [7, 11) is 1.82. The maximum absolute atomic E-state index is 10.7. The minimum Gasteiger partial charge on any atom is -0.386 e. The van der Waals surface area contributed by atoms with Gasteiger partial charge in [0.05, 0.1) is 16.9 Å². The van der Waals surface area contributed by atoms with Crippen molar-refractivity contribution in [3.8, 4) is 0 Å². The van der Waals surface area contributed by atoms with Crippen molar-refractivity contribution in [2.45, 2.75) is 31.3 Å². The number of aliphatic hydroxyl groups excluding tert-OH is 1. The van der Waals surface area contributed by atoms with E-state index in [9.17, 15) is 5.11 Å². The molecule has 0 radical (unpaired) electrons. The van der Waals surface area contributed by atoms with E-state index in [-0.39, 0.29) is 5.92 Å². The van der Waals surface area contributed by atoms with Crippen LogP contribution >= 0.6 is 11.6 Å². The molecule has 0 aliphatic heterocycles. The molecular formula is C15H17ClN2O. The number of rotatable bonds is 2. The molecule has 4 heteroatoms. The van der Waals surface area contributed by atoms with Crippen LogP contribution in [0.25, 0.3) is 0 Å². The topological polar surface area (TPSA) is 38.0 Å². The maximum atomic E-state index is 10.7. The third kappa shape index (κ3) is 2.17. The van der Waals surface area contributed by atoms with Gasteiger partial charge in [-0.3, -0.25) is 4.68 Å². The van der Waals surface area contributed by atoms with Crippen LogP contribution in [-0.4, -0.2) is 14.9 Å². The summed E-state index contributed by atoms with van der Waals surface area (Å²) in [4.78, 5) is 0. The van der Waals surface area contributed by atoms with Crippen LogP contribution in [0.4, 0.5) is 0 Å². The summed E-state index contributed by atoms with van der Waals surface area (Å²) < 4.78 is 1.67. The van der Waals surface area contributed by atoms with Gasteiger partial charge in [0.2, 0.25) is 0 Å². The molecule has 0 saturated carbocycles. The van der Waals surface area contributed by atoms with Crippen LogP contribution in [0.15, 0.2) is 30.5 Å². The average Bonchev–Trinajstić information content (AvgIpc) is 2.77. The highest BCUT2D eigenvalue weighted by Crippen LogP contribution is 2.41. The first kappa shape index (κ1) is 12.7. The molecule has 2 atom stereocenters. The molecule has 3 rings (SSSR count). The predicted octanol–water partition coefficient (Wildman–Crippen LogP) is 3.23. The van der Waals surface area contributed by atoms with Gasteiger partial charge in [0.25, 0.3) is 0 Å². The van der Waals surface area contributed by atoms with E-state index in [0.29, 0.717) is 10.7 Å². The molecular weight excluding hydrogens is 260 g/mol. The van der Waals surface area contributed by atoms with E-state index in [1.54, 1.807) is 10.9 Å². The summed E-state index contributed by atoms with van der Waals surface area (Å²) in [6, 6.07) is 8.37. The van der Waals surface area contributed by atoms with E-state index in [1.165, 1.54) is 11.1 Å². The van der Waals surface area contributed by atoms with E-state index < -0.39 is 6.10 Å². The minimum atomic E-state index is -0.596. The van der Waals surface area contributed by atoms with Crippen molar-refractivity contribution in [2.24, 2.45) is 7.05 Å². The lowest BCUT2D eigenvalue weighted by molar-refractivity contribution is 0.127. The third-order valence-corrected chi connectivity index (χ3v) is 4.31. The highest BCUT2D eigenvalue weighted by molar-refractivity contribution is 6.31. The third-order valence-electron chi connectivity index (χ3n) is 4.01. The van der Waals surface area contributed by atoms with Crippen molar-refractivity contribution in [1.82, 2.24) is 9.78 Å². The molecule has 1 aliphatic rings. The molecule has 0 amide bonds. The zero-order valence-corrected chi connectivity index (χ0v) is 11.6. The fourth-order valence-corrected chi connectivity index (χ4v) is 3.34. The number of nitrogens with zero attached hydrogens (tertiary/aromatic N) is 2. The van der Waals surface area contributed by atoms with Crippen molar-refractivity contribution in [3.63, 3.8) is 0 Å². The van der Waals surface area contributed by atoms with Crippen LogP contribution in [-0.2, 0) is 13.5 Å². The number of hydrogen-bond acceptors (Lipinski definition) is 2. The smallest absolute Gasteiger partial charge is 0.104 e. The molecule has 1 heterocycles. The molecule has 2 aromatic rings. The molecule has 2 unspecified atom stereocenters. The summed E-state index contributed by atoms with van der Waals surface area (Å²) in [6.45, 7) is 0. The minimum absolute atomic E-state index is 0.109. The average molecular weight is 277 g/mol. The fourth-order valence-electron chi connectivity index (χ4n) is 3.06. The molecule has 0 spiro atoms. The van der Waals surface area contributed by atoms with E-state index in [1.807, 2.05) is 13.1 Å². The van der Waals surface area contributed by atoms with Gasteiger partial charge in [0.15, 0.2) is 0 Å². The van der Waals surface area contributed by atoms with Crippen LogP contribution in [0.2, 0.25) is 5.02 Å². The molecule has 0 fully saturated rings. The molecule has 1 aromatic heterocycles. The predicted molar refractivity (Wildman–Crippen MR) is 75.3 cm³/mol. The Kier molecular flexibility index (Phi) is 3.33. The molecule has 0 bridgehead atoms. The fraction of sp³-hybridized carbons (Fsp3) is 0.400. The van der Waals surface area contributed by atoms with E-state index >= 15 is 0 Å². The largest absolute Gasteiger partial charge is 0.386 e. The summed E-state index contributed by atoms with van der Waals surface area (Å²) >= 11 is 6.14. The molecule has 3 nitrogen and oxygen atoms in total. The number of aliphatic hydroxyl groups is 1. The Morgan fingerprint density at radius 3 is 2.95 bits per heavy atom. The number of halogens is 1. The monoisotopic (exact) mass is 276 g/mol. The van der Waals surface area contributed by atoms with Gasteiger partial charge in [0.1, 0.15) is 6.10 Å². The second kappa shape index (κ2) is 4.99. The second-order valence-electron chi connectivity index (χ2n) is 5.14. The Morgan fingerprint density at radius 2 is 2.21 bits per heavy atom. The highest BCUT2D eigenvalue weighted by Gasteiger charge is 2.30. The number of benzene rings is 1. The Hall–Kier alpha value is -1.32. The normalized spacial score (nSPS) is 20.1. The zero-order chi connectivity index (χ0) is 13.4. The first-order valence-corrected chi connectivity index (χ1v) is 6.99. The molecule has 100 valence electrons. The van der Waals surface area contributed by atoms with Gasteiger partial charge in [-0.15, -0.1) is 0 Å². The summed E-state index contributed by atoms with van der Waals surface area (Å²) in [5.74, 6) is 0.109. The van der Waals surface area contributed by atoms with Gasteiger partial charge in [-0.1, -0.05) is 35.9 Å². The molecule has 1 aromatic carbocycles. The zero-order valence-electron chi connectivity index (χ0n) is 10.9. The SMILES string of the molecule is Cn1ncc(Cl)c1C(O)C1CCCc2ccccc21. The van der Waals surface area contributed by atoms with Crippen molar-refractivity contribution >= 4 is 11.6 Å². The lowest BCUT2D eigenvalue weighted by atomic mass is 9.79. The Morgan fingerprint density at radius 1 is 1.42 bits per heavy atom. The summed E-state index contributed by atoms with van der Waals surface area (Å²) in [6.07, 6.45) is 4.18.